The Kier molecular flexibility index (Phi) is 19.1. The van der Waals surface area contributed by atoms with E-state index in [4.69, 9.17) is 0 Å². The molecule has 0 saturated carbocycles. The number of hydrogen-bond donors (Lipinski definition) is 2. The molecule has 0 fully saturated rings. The maximum Gasteiger partial charge on any atom is 0.182 e. The predicted molar refractivity (Wildman–Crippen MR) is 105 cm³/mol. The van der Waals surface area contributed by atoms with E-state index in [1.54, 1.807) is 6.26 Å². The summed E-state index contributed by atoms with van der Waals surface area (Å²) in [5, 5.41) is 5.58. The zero-order valence-corrected chi connectivity index (χ0v) is 16.2. The van der Waals surface area contributed by atoms with E-state index >= 15 is 0 Å². The fraction of sp³-hybridized carbons (Fsp3) is 0.611. The van der Waals surface area contributed by atoms with E-state index < -0.39 is 0 Å². The van der Waals surface area contributed by atoms with Crippen LogP contribution in [0.2, 0.25) is 0 Å². The second-order valence-electron chi connectivity index (χ2n) is 4.48. The van der Waals surface area contributed by atoms with E-state index in [0.717, 1.165) is 13.2 Å². The molecule has 0 saturated heterocycles. The Hall–Kier alpha value is -1.000. The lowest BCUT2D eigenvalue weighted by molar-refractivity contribution is -0.898. The second-order valence-corrected chi connectivity index (χ2v) is 4.48. The smallest absolute Gasteiger partial charge is 0.182 e. The Morgan fingerprint density at radius 1 is 1.05 bits per heavy atom. The maximum atomic E-state index is 4.33. The highest BCUT2D eigenvalue weighted by molar-refractivity contribution is 7.79. The number of quaternary nitrogens is 1. The van der Waals surface area contributed by atoms with Gasteiger partial charge in [0.15, 0.2) is 13.0 Å². The van der Waals surface area contributed by atoms with Gasteiger partial charge in [0.25, 0.3) is 0 Å². The van der Waals surface area contributed by atoms with E-state index in [-0.39, 0.29) is 0 Å². The number of nitrogens with zero attached hydrogens (tertiary/aromatic N) is 2. The van der Waals surface area contributed by atoms with Gasteiger partial charge in [-0.15, -0.1) is 0 Å². The van der Waals surface area contributed by atoms with Crippen LogP contribution in [0.1, 0.15) is 53.9 Å². The van der Waals surface area contributed by atoms with E-state index in [0.29, 0.717) is 0 Å². The summed E-state index contributed by atoms with van der Waals surface area (Å²) in [5.74, 6) is 0. The molecule has 3 nitrogen and oxygen atoms in total. The van der Waals surface area contributed by atoms with Crippen molar-refractivity contribution in [2.24, 2.45) is 5.10 Å². The van der Waals surface area contributed by atoms with Crippen molar-refractivity contribution in [2.75, 3.05) is 24.4 Å². The monoisotopic (exact) mass is 326 g/mol. The fourth-order valence-corrected chi connectivity index (χ4v) is 1.76. The highest BCUT2D eigenvalue weighted by Crippen LogP contribution is 2.10. The fourth-order valence-electron chi connectivity index (χ4n) is 1.76. The van der Waals surface area contributed by atoms with Crippen molar-refractivity contribution in [1.82, 2.24) is 0 Å². The zero-order chi connectivity index (χ0) is 17.2. The molecule has 1 N–H and O–H groups in total. The molecule has 0 amide bonds. The van der Waals surface area contributed by atoms with Crippen LogP contribution in [0.25, 0.3) is 0 Å². The molecule has 1 aromatic rings. The van der Waals surface area contributed by atoms with E-state index in [1.165, 1.54) is 30.0 Å². The van der Waals surface area contributed by atoms with E-state index in [9.17, 15) is 0 Å². The Balaban J connectivity index is 0. The molecule has 1 heterocycles. The number of rotatable bonds is 4. The highest BCUT2D eigenvalue weighted by atomic mass is 32.1. The summed E-state index contributed by atoms with van der Waals surface area (Å²) in [4.78, 5) is 2.17. The number of hydrogen-bond acceptors (Lipinski definition) is 3. The van der Waals surface area contributed by atoms with E-state index in [1.807, 2.05) is 38.4 Å². The Bertz CT molecular complexity index is 339. The summed E-state index contributed by atoms with van der Waals surface area (Å²) in [5.41, 5.74) is 1.22. The van der Waals surface area contributed by atoms with Crippen LogP contribution in [-0.2, 0) is 0 Å². The number of nitrogens with one attached hydrogen (secondary N) is 1. The molecule has 1 aromatic carbocycles. The molecule has 0 bridgehead atoms. The number of thiol groups is 1. The van der Waals surface area contributed by atoms with Crippen LogP contribution in [-0.4, -0.2) is 25.8 Å². The number of unbranched alkanes of at least 4 members (excludes halogenated alkanes) is 2. The van der Waals surface area contributed by atoms with Crippen LogP contribution in [0.3, 0.4) is 0 Å². The summed E-state index contributed by atoms with van der Waals surface area (Å²) in [6.07, 6.45) is 7.68. The minimum atomic E-state index is 0.945. The molecule has 2 rings (SSSR count). The van der Waals surface area contributed by atoms with Gasteiger partial charge >= 0.3 is 0 Å². The van der Waals surface area contributed by atoms with E-state index in [2.05, 4.69) is 55.5 Å². The lowest BCUT2D eigenvalue weighted by Gasteiger charge is -2.12. The second kappa shape index (κ2) is 18.1. The quantitative estimate of drug-likeness (QED) is 0.799. The van der Waals surface area contributed by atoms with Crippen LogP contribution >= 0.6 is 12.6 Å². The maximum absolute atomic E-state index is 4.33. The van der Waals surface area contributed by atoms with Gasteiger partial charge in [-0.05, 0) is 25.3 Å². The van der Waals surface area contributed by atoms with Crippen LogP contribution in [0.5, 0.6) is 0 Å². The molecule has 1 unspecified atom stereocenters. The zero-order valence-electron chi connectivity index (χ0n) is 15.3. The summed E-state index contributed by atoms with van der Waals surface area (Å²) in [7, 11) is 0. The van der Waals surface area contributed by atoms with Crippen molar-refractivity contribution >= 4 is 24.7 Å². The molecule has 1 aliphatic rings. The molecular formula is C18H36N3S+. The predicted octanol–water partition coefficient (Wildman–Crippen LogP) is 4.08. The van der Waals surface area contributed by atoms with Gasteiger partial charge in [-0.1, -0.05) is 70.3 Å². The molecule has 0 radical (unpaired) electrons. The van der Waals surface area contributed by atoms with Crippen LogP contribution in [0, 0.1) is 0 Å². The molecule has 4 heteroatoms. The Labute approximate surface area is 143 Å². The standard InChI is InChI=1S/C10H13N3.C5H12.C2H6.CH4S/c1-2-13-9-12(8-11-13)10-6-4-3-5-7-10;1-3-5-4-2;2*1-2/h3-8H,2,9H2,1H3;3-5H2,1-2H3;1-2H3;2H,1H3/p+1. The van der Waals surface area contributed by atoms with Gasteiger partial charge in [0, 0.05) is 5.69 Å². The molecule has 1 aliphatic heterocycles. The van der Waals surface area contributed by atoms with Crippen molar-refractivity contribution in [1.29, 1.82) is 0 Å². The first-order chi connectivity index (χ1) is 10.8. The summed E-state index contributed by atoms with van der Waals surface area (Å²) in [6.45, 7) is 12.6. The average molecular weight is 327 g/mol. The molecule has 0 aliphatic carbocycles. The van der Waals surface area contributed by atoms with Crippen molar-refractivity contribution in [3.05, 3.63) is 30.3 Å². The summed E-state index contributed by atoms with van der Waals surface area (Å²) >= 11 is 3.53. The number of para-hydroxylation sites is 1. The largest absolute Gasteiger partial charge is 0.278 e. The van der Waals surface area contributed by atoms with Gasteiger partial charge in [0.1, 0.15) is 6.54 Å². The Morgan fingerprint density at radius 3 is 1.95 bits per heavy atom. The SMILES string of the molecule is CC.CCCCC.CC[NH+]1CN(c2ccccc2)C=N1.CS. The first-order valence-electron chi connectivity index (χ1n) is 8.47. The molecule has 1 atom stereocenters. The minimum absolute atomic E-state index is 0.945. The van der Waals surface area contributed by atoms with Gasteiger partial charge in [-0.25, -0.2) is 0 Å². The van der Waals surface area contributed by atoms with Crippen molar-refractivity contribution in [2.45, 2.75) is 53.9 Å². The highest BCUT2D eigenvalue weighted by Gasteiger charge is 2.17. The van der Waals surface area contributed by atoms with Gasteiger partial charge in [-0.3, -0.25) is 4.90 Å². The number of benzene rings is 1. The number of anilines is 1. The Morgan fingerprint density at radius 2 is 1.59 bits per heavy atom. The van der Waals surface area contributed by atoms with Crippen LogP contribution in [0.4, 0.5) is 5.69 Å². The van der Waals surface area contributed by atoms with Crippen LogP contribution < -0.4 is 9.91 Å². The van der Waals surface area contributed by atoms with Crippen molar-refractivity contribution < 1.29 is 5.01 Å². The van der Waals surface area contributed by atoms with Gasteiger partial charge in [0.05, 0.1) is 0 Å². The van der Waals surface area contributed by atoms with Gasteiger partial charge in [-0.2, -0.15) is 17.6 Å². The third-order valence-corrected chi connectivity index (χ3v) is 2.94. The summed E-state index contributed by atoms with van der Waals surface area (Å²) in [6, 6.07) is 10.3. The minimum Gasteiger partial charge on any atom is -0.278 e. The topological polar surface area (TPSA) is 20.0 Å². The molecular weight excluding hydrogens is 290 g/mol. The first kappa shape index (κ1) is 23.3. The lowest BCUT2D eigenvalue weighted by atomic mass is 10.3. The van der Waals surface area contributed by atoms with Gasteiger partial charge in [0.2, 0.25) is 0 Å². The van der Waals surface area contributed by atoms with Crippen LogP contribution in [0.15, 0.2) is 35.4 Å². The normalized spacial score (nSPS) is 14.9. The van der Waals surface area contributed by atoms with Crippen molar-refractivity contribution in [3.63, 3.8) is 0 Å². The molecule has 22 heavy (non-hydrogen) atoms. The molecule has 0 spiro atoms. The third-order valence-electron chi connectivity index (χ3n) is 2.94. The molecule has 128 valence electrons. The first-order valence-corrected chi connectivity index (χ1v) is 9.36. The molecule has 0 aromatic heterocycles. The van der Waals surface area contributed by atoms with Crippen molar-refractivity contribution in [3.8, 4) is 0 Å². The van der Waals surface area contributed by atoms with Gasteiger partial charge < -0.3 is 0 Å². The third kappa shape index (κ3) is 10.7. The summed E-state index contributed by atoms with van der Waals surface area (Å²) < 4.78 is 0. The lowest BCUT2D eigenvalue weighted by Crippen LogP contribution is -3.06. The average Bonchev–Trinajstić information content (AvgIpc) is 3.10.